The molecule has 94 valence electrons. The second kappa shape index (κ2) is 6.12. The van der Waals surface area contributed by atoms with E-state index in [0.29, 0.717) is 12.2 Å². The zero-order valence-electron chi connectivity index (χ0n) is 10.3. The average molecular weight is 244 g/mol. The highest BCUT2D eigenvalue weighted by Gasteiger charge is 2.03. The summed E-state index contributed by atoms with van der Waals surface area (Å²) in [6, 6.07) is 7.32. The van der Waals surface area contributed by atoms with Gasteiger partial charge in [0.15, 0.2) is 6.29 Å². The number of rotatable bonds is 6. The van der Waals surface area contributed by atoms with Crippen molar-refractivity contribution in [1.82, 2.24) is 10.3 Å². The number of nitrogens with zero attached hydrogens (tertiary/aromatic N) is 1. The molecule has 2 aromatic rings. The summed E-state index contributed by atoms with van der Waals surface area (Å²) < 4.78 is 5.63. The molecule has 18 heavy (non-hydrogen) atoms. The second-order valence-corrected chi connectivity index (χ2v) is 4.00. The first-order valence-corrected chi connectivity index (χ1v) is 5.96. The van der Waals surface area contributed by atoms with Crippen LogP contribution in [0.1, 0.15) is 16.8 Å². The van der Waals surface area contributed by atoms with Crippen molar-refractivity contribution in [2.45, 2.75) is 6.42 Å². The molecule has 0 fully saturated rings. The number of benzene rings is 1. The number of ether oxygens (including phenoxy) is 1. The van der Waals surface area contributed by atoms with E-state index < -0.39 is 0 Å². The van der Waals surface area contributed by atoms with Crippen LogP contribution in [-0.2, 0) is 0 Å². The maximum atomic E-state index is 11.0. The number of aromatic nitrogens is 1. The Morgan fingerprint density at radius 3 is 3.06 bits per heavy atom. The Morgan fingerprint density at radius 2 is 2.28 bits per heavy atom. The van der Waals surface area contributed by atoms with Crippen molar-refractivity contribution in [3.05, 3.63) is 36.0 Å². The topological polar surface area (TPSA) is 51.2 Å². The van der Waals surface area contributed by atoms with Crippen LogP contribution in [-0.4, -0.2) is 31.5 Å². The van der Waals surface area contributed by atoms with Crippen molar-refractivity contribution in [1.29, 1.82) is 0 Å². The molecular formula is C14H16N2O2. The Labute approximate surface area is 106 Å². The lowest BCUT2D eigenvalue weighted by Gasteiger charge is -2.07. The summed E-state index contributed by atoms with van der Waals surface area (Å²) in [7, 11) is 1.91. The Kier molecular flexibility index (Phi) is 4.25. The predicted molar refractivity (Wildman–Crippen MR) is 71.2 cm³/mol. The minimum Gasteiger partial charge on any atom is -0.494 e. The summed E-state index contributed by atoms with van der Waals surface area (Å²) >= 11 is 0. The molecule has 0 spiro atoms. The molecule has 0 saturated carbocycles. The summed E-state index contributed by atoms with van der Waals surface area (Å²) in [5.41, 5.74) is 1.45. The Hall–Kier alpha value is -1.94. The van der Waals surface area contributed by atoms with E-state index >= 15 is 0 Å². The number of aldehydes is 1. The quantitative estimate of drug-likeness (QED) is 0.624. The molecule has 0 aliphatic rings. The van der Waals surface area contributed by atoms with Gasteiger partial charge in [-0.3, -0.25) is 9.78 Å². The highest BCUT2D eigenvalue weighted by molar-refractivity contribution is 5.96. The summed E-state index contributed by atoms with van der Waals surface area (Å²) in [6.45, 7) is 1.58. The Bertz CT molecular complexity index is 540. The molecule has 0 radical (unpaired) electrons. The monoisotopic (exact) mass is 244 g/mol. The van der Waals surface area contributed by atoms with E-state index in [1.807, 2.05) is 25.2 Å². The summed E-state index contributed by atoms with van der Waals surface area (Å²) in [5, 5.41) is 3.90. The van der Waals surface area contributed by atoms with E-state index in [9.17, 15) is 4.79 Å². The zero-order chi connectivity index (χ0) is 12.8. The van der Waals surface area contributed by atoms with Gasteiger partial charge in [0.25, 0.3) is 0 Å². The number of fused-ring (bicyclic) bond motifs is 1. The first-order chi connectivity index (χ1) is 8.85. The Morgan fingerprint density at radius 1 is 1.39 bits per heavy atom. The third kappa shape index (κ3) is 2.84. The third-order valence-electron chi connectivity index (χ3n) is 2.71. The fourth-order valence-electron chi connectivity index (χ4n) is 1.78. The first kappa shape index (κ1) is 12.5. The lowest BCUT2D eigenvalue weighted by molar-refractivity contribution is 0.112. The van der Waals surface area contributed by atoms with Gasteiger partial charge in [-0.05, 0) is 44.3 Å². The fraction of sp³-hybridized carbons (Fsp3) is 0.286. The molecule has 1 aromatic carbocycles. The molecule has 0 unspecified atom stereocenters. The molecule has 2 rings (SSSR count). The normalized spacial score (nSPS) is 10.5. The van der Waals surface area contributed by atoms with E-state index in [4.69, 9.17) is 4.74 Å². The molecule has 0 atom stereocenters. The van der Waals surface area contributed by atoms with Crippen LogP contribution in [0.25, 0.3) is 10.9 Å². The summed E-state index contributed by atoms with van der Waals surface area (Å²) in [4.78, 5) is 15.2. The van der Waals surface area contributed by atoms with Crippen LogP contribution < -0.4 is 10.1 Å². The van der Waals surface area contributed by atoms with E-state index in [-0.39, 0.29) is 0 Å². The molecule has 1 heterocycles. The van der Waals surface area contributed by atoms with Crippen LogP contribution in [0.2, 0.25) is 0 Å². The highest BCUT2D eigenvalue weighted by atomic mass is 16.5. The second-order valence-electron chi connectivity index (χ2n) is 4.00. The predicted octanol–water partition coefficient (Wildman–Crippen LogP) is 2.04. The first-order valence-electron chi connectivity index (χ1n) is 5.96. The Balaban J connectivity index is 2.18. The van der Waals surface area contributed by atoms with Gasteiger partial charge in [0, 0.05) is 17.1 Å². The van der Waals surface area contributed by atoms with Crippen LogP contribution in [0.4, 0.5) is 0 Å². The van der Waals surface area contributed by atoms with Crippen LogP contribution in [0, 0.1) is 0 Å². The number of nitrogens with one attached hydrogen (secondary N) is 1. The molecule has 4 heteroatoms. The number of hydrogen-bond donors (Lipinski definition) is 1. The number of carbonyl (C=O) groups is 1. The van der Waals surface area contributed by atoms with Gasteiger partial charge in [-0.2, -0.15) is 0 Å². The van der Waals surface area contributed by atoms with Gasteiger partial charge in [-0.1, -0.05) is 0 Å². The van der Waals surface area contributed by atoms with Gasteiger partial charge in [-0.25, -0.2) is 0 Å². The minimum absolute atomic E-state index is 0.640. The van der Waals surface area contributed by atoms with Gasteiger partial charge >= 0.3 is 0 Å². The largest absolute Gasteiger partial charge is 0.494 e. The van der Waals surface area contributed by atoms with Crippen LogP contribution in [0.5, 0.6) is 5.75 Å². The molecule has 1 aromatic heterocycles. The van der Waals surface area contributed by atoms with Crippen molar-refractivity contribution in [3.63, 3.8) is 0 Å². The molecule has 0 aliphatic heterocycles. The van der Waals surface area contributed by atoms with Crippen molar-refractivity contribution < 1.29 is 9.53 Å². The van der Waals surface area contributed by atoms with Crippen molar-refractivity contribution in [2.24, 2.45) is 0 Å². The maximum absolute atomic E-state index is 11.0. The van der Waals surface area contributed by atoms with Crippen LogP contribution in [0.3, 0.4) is 0 Å². The average Bonchev–Trinajstić information content (AvgIpc) is 2.43. The smallest absolute Gasteiger partial charge is 0.150 e. The van der Waals surface area contributed by atoms with Gasteiger partial charge in [0.05, 0.1) is 12.1 Å². The maximum Gasteiger partial charge on any atom is 0.150 e. The van der Waals surface area contributed by atoms with Gasteiger partial charge in [0.2, 0.25) is 0 Å². The number of pyridine rings is 1. The molecular weight excluding hydrogens is 228 g/mol. The van der Waals surface area contributed by atoms with Gasteiger partial charge in [-0.15, -0.1) is 0 Å². The van der Waals surface area contributed by atoms with E-state index in [2.05, 4.69) is 10.3 Å². The van der Waals surface area contributed by atoms with E-state index in [0.717, 1.165) is 35.9 Å². The summed E-state index contributed by atoms with van der Waals surface area (Å²) in [5.74, 6) is 0.773. The molecule has 0 amide bonds. The fourth-order valence-corrected chi connectivity index (χ4v) is 1.78. The molecule has 4 nitrogen and oxygen atoms in total. The van der Waals surface area contributed by atoms with Crippen LogP contribution in [0.15, 0.2) is 30.5 Å². The van der Waals surface area contributed by atoms with Crippen LogP contribution >= 0.6 is 0 Å². The molecule has 0 aliphatic carbocycles. The van der Waals surface area contributed by atoms with Crippen molar-refractivity contribution in [2.75, 3.05) is 20.2 Å². The zero-order valence-corrected chi connectivity index (χ0v) is 10.3. The van der Waals surface area contributed by atoms with Gasteiger partial charge < -0.3 is 10.1 Å². The van der Waals surface area contributed by atoms with Crippen molar-refractivity contribution in [3.8, 4) is 5.75 Å². The number of carbonyl (C=O) groups excluding carboxylic acids is 1. The van der Waals surface area contributed by atoms with E-state index in [1.54, 1.807) is 12.3 Å². The highest BCUT2D eigenvalue weighted by Crippen LogP contribution is 2.21. The van der Waals surface area contributed by atoms with E-state index in [1.165, 1.54) is 0 Å². The number of hydrogen-bond acceptors (Lipinski definition) is 4. The lowest BCUT2D eigenvalue weighted by atomic mass is 10.1. The standard InChI is InChI=1S/C14H16N2O2/c1-15-6-2-8-18-12-3-4-14-13(9-12)11(10-17)5-7-16-14/h3-5,7,9-10,15H,2,6,8H2,1H3. The van der Waals surface area contributed by atoms with Crippen molar-refractivity contribution >= 4 is 17.2 Å². The molecule has 0 bridgehead atoms. The minimum atomic E-state index is 0.640. The molecule has 1 N–H and O–H groups in total. The molecule has 0 saturated heterocycles. The lowest BCUT2D eigenvalue weighted by Crippen LogP contribution is -2.11. The summed E-state index contributed by atoms with van der Waals surface area (Å²) in [6.07, 6.45) is 3.43. The SMILES string of the molecule is CNCCCOc1ccc2nccc(C=O)c2c1. The van der Waals surface area contributed by atoms with Gasteiger partial charge in [0.1, 0.15) is 5.75 Å². The third-order valence-corrected chi connectivity index (χ3v) is 2.71.